The van der Waals surface area contributed by atoms with Gasteiger partial charge in [0.05, 0.1) is 7.11 Å². The van der Waals surface area contributed by atoms with Gasteiger partial charge in [0, 0.05) is 19.4 Å². The van der Waals surface area contributed by atoms with Gasteiger partial charge in [-0.05, 0) is 30.4 Å². The molecule has 0 bridgehead atoms. The van der Waals surface area contributed by atoms with Gasteiger partial charge in [-0.2, -0.15) is 0 Å². The van der Waals surface area contributed by atoms with E-state index in [0.29, 0.717) is 0 Å². The number of hydrogen-bond acceptors (Lipinski definition) is 6. The van der Waals surface area contributed by atoms with Crippen molar-refractivity contribution in [3.8, 4) is 17.6 Å². The van der Waals surface area contributed by atoms with Gasteiger partial charge >= 0.3 is 11.9 Å². The maximum Gasteiger partial charge on any atom is 0.303 e. The summed E-state index contributed by atoms with van der Waals surface area (Å²) in [5.41, 5.74) is 0.787. The number of rotatable bonds is 4. The number of carbonyl (C=O) groups excluding carboxylic acids is 2. The molecule has 25 heavy (non-hydrogen) atoms. The zero-order valence-corrected chi connectivity index (χ0v) is 14.4. The fraction of sp³-hybridized carbons (Fsp3) is 0.368. The third-order valence-corrected chi connectivity index (χ3v) is 3.34. The Bertz CT molecular complexity index is 712. The van der Waals surface area contributed by atoms with Crippen LogP contribution in [-0.2, 0) is 23.8 Å². The molecule has 6 heteroatoms. The molecule has 1 aromatic carbocycles. The maximum absolute atomic E-state index is 11.2. The topological polar surface area (TPSA) is 71.1 Å². The van der Waals surface area contributed by atoms with Crippen LogP contribution in [0.5, 0.6) is 5.75 Å². The van der Waals surface area contributed by atoms with Crippen LogP contribution in [0.25, 0.3) is 0 Å². The van der Waals surface area contributed by atoms with E-state index in [1.54, 1.807) is 19.3 Å². The van der Waals surface area contributed by atoms with E-state index in [1.165, 1.54) is 13.8 Å². The zero-order valence-electron chi connectivity index (χ0n) is 14.4. The second-order valence-electron chi connectivity index (χ2n) is 5.36. The van der Waals surface area contributed by atoms with Crippen LogP contribution >= 0.6 is 0 Å². The van der Waals surface area contributed by atoms with E-state index in [1.807, 2.05) is 24.3 Å². The molecule has 132 valence electrons. The molecular weight excluding hydrogens is 324 g/mol. The number of esters is 2. The largest absolute Gasteiger partial charge is 0.497 e. The van der Waals surface area contributed by atoms with Crippen molar-refractivity contribution in [3.05, 3.63) is 42.0 Å². The second kappa shape index (κ2) is 8.90. The summed E-state index contributed by atoms with van der Waals surface area (Å²) in [6.07, 6.45) is 1.68. The molecule has 3 atom stereocenters. The Morgan fingerprint density at radius 3 is 2.68 bits per heavy atom. The molecule has 0 saturated carbocycles. The predicted molar refractivity (Wildman–Crippen MR) is 89.9 cm³/mol. The fourth-order valence-corrected chi connectivity index (χ4v) is 2.22. The van der Waals surface area contributed by atoms with Gasteiger partial charge in [0.15, 0.2) is 0 Å². The van der Waals surface area contributed by atoms with E-state index >= 15 is 0 Å². The highest BCUT2D eigenvalue weighted by atomic mass is 16.6. The summed E-state index contributed by atoms with van der Waals surface area (Å²) in [6, 6.07) is 7.36. The Labute approximate surface area is 146 Å². The molecule has 0 spiro atoms. The lowest BCUT2D eigenvalue weighted by atomic mass is 10.1. The molecule has 0 amide bonds. The Morgan fingerprint density at radius 1 is 1.20 bits per heavy atom. The Balaban J connectivity index is 2.10. The van der Waals surface area contributed by atoms with Crippen LogP contribution in [0, 0.1) is 11.8 Å². The van der Waals surface area contributed by atoms with Gasteiger partial charge in [0.1, 0.15) is 30.7 Å². The second-order valence-corrected chi connectivity index (χ2v) is 5.36. The molecule has 0 N–H and O–H groups in total. The molecule has 0 radical (unpaired) electrons. The lowest BCUT2D eigenvalue weighted by Crippen LogP contribution is -2.41. The highest BCUT2D eigenvalue weighted by molar-refractivity contribution is 5.67. The Kier molecular flexibility index (Phi) is 6.61. The van der Waals surface area contributed by atoms with E-state index < -0.39 is 30.3 Å². The van der Waals surface area contributed by atoms with Crippen LogP contribution in [0.3, 0.4) is 0 Å². The number of ether oxygens (including phenoxy) is 4. The van der Waals surface area contributed by atoms with Crippen molar-refractivity contribution in [1.82, 2.24) is 0 Å². The van der Waals surface area contributed by atoms with E-state index in [0.717, 1.165) is 11.3 Å². The first-order valence-corrected chi connectivity index (χ1v) is 7.78. The molecule has 1 aliphatic rings. The number of methoxy groups -OCH3 is 1. The van der Waals surface area contributed by atoms with Crippen LogP contribution in [-0.4, -0.2) is 44.0 Å². The first-order chi connectivity index (χ1) is 12.0. The van der Waals surface area contributed by atoms with Crippen LogP contribution in [0.2, 0.25) is 0 Å². The molecule has 1 heterocycles. The summed E-state index contributed by atoms with van der Waals surface area (Å²) in [6.45, 7) is 2.60. The van der Waals surface area contributed by atoms with Crippen molar-refractivity contribution < 1.29 is 28.5 Å². The maximum atomic E-state index is 11.2. The number of hydrogen-bond donors (Lipinski definition) is 0. The number of benzene rings is 1. The molecule has 0 saturated heterocycles. The van der Waals surface area contributed by atoms with Gasteiger partial charge in [0.2, 0.25) is 0 Å². The van der Waals surface area contributed by atoms with Gasteiger partial charge in [-0.1, -0.05) is 17.9 Å². The number of carbonyl (C=O) groups is 2. The Hall–Kier alpha value is -2.78. The third kappa shape index (κ3) is 5.98. The van der Waals surface area contributed by atoms with E-state index in [4.69, 9.17) is 18.9 Å². The summed E-state index contributed by atoms with van der Waals surface area (Å²) in [5.74, 6) is 5.84. The van der Waals surface area contributed by atoms with Crippen molar-refractivity contribution in [2.75, 3.05) is 13.7 Å². The monoisotopic (exact) mass is 344 g/mol. The fourth-order valence-electron chi connectivity index (χ4n) is 2.22. The average Bonchev–Trinajstić information content (AvgIpc) is 2.59. The molecule has 6 nitrogen and oxygen atoms in total. The first-order valence-electron chi connectivity index (χ1n) is 7.78. The van der Waals surface area contributed by atoms with Crippen LogP contribution in [0.15, 0.2) is 36.4 Å². The summed E-state index contributed by atoms with van der Waals surface area (Å²) < 4.78 is 21.1. The summed E-state index contributed by atoms with van der Waals surface area (Å²) in [4.78, 5) is 22.2. The molecule has 1 aromatic rings. The van der Waals surface area contributed by atoms with Gasteiger partial charge in [0.25, 0.3) is 0 Å². The van der Waals surface area contributed by atoms with E-state index in [9.17, 15) is 9.59 Å². The average molecular weight is 344 g/mol. The highest BCUT2D eigenvalue weighted by Crippen LogP contribution is 2.17. The summed E-state index contributed by atoms with van der Waals surface area (Å²) in [5, 5.41) is 0. The van der Waals surface area contributed by atoms with E-state index in [-0.39, 0.29) is 6.61 Å². The predicted octanol–water partition coefficient (Wildman–Crippen LogP) is 1.87. The quantitative estimate of drug-likeness (QED) is 0.472. The minimum atomic E-state index is -0.619. The molecule has 1 aliphatic heterocycles. The van der Waals surface area contributed by atoms with Crippen molar-refractivity contribution in [2.45, 2.75) is 32.2 Å². The molecule has 0 aliphatic carbocycles. The third-order valence-electron chi connectivity index (χ3n) is 3.34. The van der Waals surface area contributed by atoms with Crippen molar-refractivity contribution >= 4 is 11.9 Å². The smallest absolute Gasteiger partial charge is 0.303 e. The molecule has 0 fully saturated rings. The van der Waals surface area contributed by atoms with Gasteiger partial charge in [-0.3, -0.25) is 9.59 Å². The van der Waals surface area contributed by atoms with Gasteiger partial charge in [-0.25, -0.2) is 0 Å². The summed E-state index contributed by atoms with van der Waals surface area (Å²) in [7, 11) is 1.59. The van der Waals surface area contributed by atoms with Crippen LogP contribution in [0.4, 0.5) is 0 Å². The minimum absolute atomic E-state index is 0.0189. The first kappa shape index (κ1) is 18.6. The molecule has 0 unspecified atom stereocenters. The van der Waals surface area contributed by atoms with Gasteiger partial charge in [-0.15, -0.1) is 0 Å². The van der Waals surface area contributed by atoms with Gasteiger partial charge < -0.3 is 18.9 Å². The van der Waals surface area contributed by atoms with Crippen molar-refractivity contribution in [2.24, 2.45) is 0 Å². The standard InChI is InChI=1S/C19H20O6/c1-13(20)23-12-19-18(24-14(2)21)10-9-16(25-19)8-7-15-5-4-6-17(11-15)22-3/h4-6,9-11,16,18-19H,12H2,1-3H3/t16-,18+,19-/m1/s1. The molecule has 2 rings (SSSR count). The minimum Gasteiger partial charge on any atom is -0.497 e. The normalized spacial score (nSPS) is 21.6. The lowest BCUT2D eigenvalue weighted by molar-refractivity contribution is -0.161. The summed E-state index contributed by atoms with van der Waals surface area (Å²) >= 11 is 0. The van der Waals surface area contributed by atoms with Crippen molar-refractivity contribution in [1.29, 1.82) is 0 Å². The Morgan fingerprint density at radius 2 is 2.00 bits per heavy atom. The van der Waals surface area contributed by atoms with Crippen LogP contribution in [0.1, 0.15) is 19.4 Å². The van der Waals surface area contributed by atoms with Crippen molar-refractivity contribution in [3.63, 3.8) is 0 Å². The molecular formula is C19H20O6. The van der Waals surface area contributed by atoms with E-state index in [2.05, 4.69) is 11.8 Å². The SMILES string of the molecule is COc1cccc(C#C[C@@H]2C=C[C@H](OC(C)=O)[C@@H](COC(C)=O)O2)c1. The molecule has 0 aromatic heterocycles. The van der Waals surface area contributed by atoms with Crippen LogP contribution < -0.4 is 4.74 Å². The lowest BCUT2D eigenvalue weighted by Gasteiger charge is -2.29. The highest BCUT2D eigenvalue weighted by Gasteiger charge is 2.29. The zero-order chi connectivity index (χ0) is 18.2.